The molecule has 7 nitrogen and oxygen atoms in total. The number of nitrogens with one attached hydrogen (secondary N) is 1. The van der Waals surface area contributed by atoms with E-state index in [0.29, 0.717) is 29.8 Å². The third-order valence-corrected chi connectivity index (χ3v) is 5.60. The molecular weight excluding hydrogens is 421 g/mol. The number of nitrogens with zero attached hydrogens (tertiary/aromatic N) is 3. The Morgan fingerprint density at radius 3 is 2.70 bits per heavy atom. The molecule has 1 amide bonds. The van der Waals surface area contributed by atoms with E-state index in [1.165, 1.54) is 17.2 Å². The number of hydrogen-bond donors (Lipinski definition) is 2. The van der Waals surface area contributed by atoms with Crippen molar-refractivity contribution >= 4 is 33.2 Å². The third-order valence-electron chi connectivity index (χ3n) is 5.60. The van der Waals surface area contributed by atoms with Crippen molar-refractivity contribution in [3.05, 3.63) is 47.8 Å². The summed E-state index contributed by atoms with van der Waals surface area (Å²) >= 11 is 0. The average molecular weight is 450 g/mol. The molecule has 0 spiro atoms. The van der Waals surface area contributed by atoms with E-state index in [9.17, 15) is 14.3 Å². The second-order valence-electron chi connectivity index (χ2n) is 9.48. The summed E-state index contributed by atoms with van der Waals surface area (Å²) in [7, 11) is 12.9. The van der Waals surface area contributed by atoms with Crippen LogP contribution in [0.1, 0.15) is 58.2 Å². The number of fused-ring (bicyclic) bond motifs is 1. The molecule has 172 valence electrons. The maximum absolute atomic E-state index is 14.1. The van der Waals surface area contributed by atoms with Crippen LogP contribution in [0, 0.1) is 5.82 Å². The Balaban J connectivity index is 2.14. The Morgan fingerprint density at radius 1 is 1.36 bits per heavy atom. The zero-order valence-electron chi connectivity index (χ0n) is 19.6. The summed E-state index contributed by atoms with van der Waals surface area (Å²) in [6.45, 7) is 6.81. The second kappa shape index (κ2) is 9.33. The molecule has 0 aromatic carbocycles. The summed E-state index contributed by atoms with van der Waals surface area (Å²) in [5.74, 6) is -0.520. The van der Waals surface area contributed by atoms with Crippen molar-refractivity contribution < 1.29 is 19.0 Å². The molecule has 3 heterocycles. The molecular formula is C23H29B2FN4O3. The lowest BCUT2D eigenvalue weighted by Crippen LogP contribution is -2.68. The van der Waals surface area contributed by atoms with Gasteiger partial charge in [0.25, 0.3) is 0 Å². The van der Waals surface area contributed by atoms with Crippen molar-refractivity contribution in [1.82, 2.24) is 14.9 Å². The number of unbranched alkanes of at least 4 members (excludes halogenated alkanes) is 1. The van der Waals surface area contributed by atoms with Crippen molar-refractivity contribution in [3.8, 4) is 0 Å². The molecule has 0 saturated carbocycles. The fourth-order valence-corrected chi connectivity index (χ4v) is 4.21. The van der Waals surface area contributed by atoms with Crippen molar-refractivity contribution in [3.63, 3.8) is 0 Å². The Labute approximate surface area is 197 Å². The first-order valence-electron chi connectivity index (χ1n) is 11.0. The minimum atomic E-state index is -1.63. The standard InChI is InChI=1S/C23H29B2FN4O3/c1-5-6-8-22(14-31)16-10-15(29-18-7-9-27-13-17(18)26)12-28-19(16)11-23(24,25)30(22)20(32)33-21(2,3)4/h7,9-10,12-13,31H,5-6,8,11,14H2,1-4H3,(H,27,29). The summed E-state index contributed by atoms with van der Waals surface area (Å²) < 4.78 is 19.8. The van der Waals surface area contributed by atoms with Crippen LogP contribution in [0.25, 0.3) is 0 Å². The van der Waals surface area contributed by atoms with Gasteiger partial charge in [-0.25, -0.2) is 9.18 Å². The molecule has 1 atom stereocenters. The largest absolute Gasteiger partial charge is 0.444 e. The zero-order valence-corrected chi connectivity index (χ0v) is 19.6. The number of hydrogen-bond acceptors (Lipinski definition) is 6. The van der Waals surface area contributed by atoms with Gasteiger partial charge in [0, 0.05) is 17.5 Å². The minimum absolute atomic E-state index is 0.0549. The smallest absolute Gasteiger partial charge is 0.410 e. The molecule has 1 aliphatic rings. The summed E-state index contributed by atoms with van der Waals surface area (Å²) in [6, 6.07) is 3.25. The SMILES string of the molecule is [B]C1([B])Cc2ncc(Nc3ccncc3F)cc2C(CO)(CCCC)N1C(=O)OC(C)(C)C. The summed E-state index contributed by atoms with van der Waals surface area (Å²) in [5.41, 5.74) is -0.196. The van der Waals surface area contributed by atoms with Crippen LogP contribution in [0.5, 0.6) is 0 Å². The van der Waals surface area contributed by atoms with E-state index in [1.807, 2.05) is 6.92 Å². The van der Waals surface area contributed by atoms with E-state index in [-0.39, 0.29) is 12.1 Å². The minimum Gasteiger partial charge on any atom is -0.444 e. The predicted octanol–water partition coefficient (Wildman–Crippen LogP) is 3.52. The number of carbonyl (C=O) groups is 1. The van der Waals surface area contributed by atoms with Gasteiger partial charge in [0.05, 0.1) is 51.6 Å². The number of aliphatic hydroxyl groups excluding tert-OH is 1. The number of rotatable bonds is 6. The second-order valence-corrected chi connectivity index (χ2v) is 9.48. The van der Waals surface area contributed by atoms with Gasteiger partial charge in [0.2, 0.25) is 0 Å². The summed E-state index contributed by atoms with van der Waals surface area (Å²) in [4.78, 5) is 22.9. The highest BCUT2D eigenvalue weighted by atomic mass is 19.1. The molecule has 2 N–H and O–H groups in total. The van der Waals surface area contributed by atoms with E-state index < -0.39 is 35.0 Å². The van der Waals surface area contributed by atoms with Crippen LogP contribution >= 0.6 is 0 Å². The van der Waals surface area contributed by atoms with Crippen molar-refractivity contribution in [2.45, 2.75) is 69.9 Å². The Kier molecular flexibility index (Phi) is 7.07. The van der Waals surface area contributed by atoms with Crippen LogP contribution < -0.4 is 5.32 Å². The summed E-state index contributed by atoms with van der Waals surface area (Å²) in [5, 5.41) is 12.1. The molecule has 1 unspecified atom stereocenters. The van der Waals surface area contributed by atoms with Crippen molar-refractivity contribution in [1.29, 1.82) is 0 Å². The average Bonchev–Trinajstić information content (AvgIpc) is 2.71. The molecule has 2 aromatic rings. The third kappa shape index (κ3) is 5.16. The van der Waals surface area contributed by atoms with Crippen LogP contribution in [0.2, 0.25) is 0 Å². The van der Waals surface area contributed by atoms with Gasteiger partial charge < -0.3 is 20.1 Å². The normalized spacial score (nSPS) is 19.6. The van der Waals surface area contributed by atoms with Gasteiger partial charge in [-0.3, -0.25) is 9.97 Å². The van der Waals surface area contributed by atoms with Gasteiger partial charge in [-0.1, -0.05) is 19.8 Å². The molecule has 0 aliphatic carbocycles. The molecule has 2 aromatic heterocycles. The molecule has 33 heavy (non-hydrogen) atoms. The van der Waals surface area contributed by atoms with Crippen molar-refractivity contribution in [2.75, 3.05) is 11.9 Å². The first-order chi connectivity index (χ1) is 15.4. The van der Waals surface area contributed by atoms with E-state index in [0.717, 1.165) is 12.6 Å². The first kappa shape index (κ1) is 25.0. The molecule has 10 heteroatoms. The highest BCUT2D eigenvalue weighted by molar-refractivity contribution is 6.41. The Morgan fingerprint density at radius 2 is 2.09 bits per heavy atom. The predicted molar refractivity (Wildman–Crippen MR) is 126 cm³/mol. The van der Waals surface area contributed by atoms with Crippen LogP contribution in [-0.4, -0.2) is 59.3 Å². The lowest BCUT2D eigenvalue weighted by molar-refractivity contribution is -0.0438. The van der Waals surface area contributed by atoms with E-state index in [4.69, 9.17) is 20.4 Å². The Hall–Kier alpha value is -2.61. The molecule has 4 radical (unpaired) electrons. The van der Waals surface area contributed by atoms with Gasteiger partial charge in [0.1, 0.15) is 5.60 Å². The fourth-order valence-electron chi connectivity index (χ4n) is 4.21. The maximum atomic E-state index is 14.1. The van der Waals surface area contributed by atoms with Crippen molar-refractivity contribution in [2.24, 2.45) is 0 Å². The highest BCUT2D eigenvalue weighted by Crippen LogP contribution is 2.45. The molecule has 0 bridgehead atoms. The van der Waals surface area contributed by atoms with Gasteiger partial charge in [-0.2, -0.15) is 0 Å². The zero-order chi connectivity index (χ0) is 24.4. The number of aliphatic hydroxyl groups is 1. The summed E-state index contributed by atoms with van der Waals surface area (Å²) in [6.07, 6.45) is 5.34. The van der Waals surface area contributed by atoms with E-state index >= 15 is 0 Å². The van der Waals surface area contributed by atoms with Crippen LogP contribution in [0.15, 0.2) is 30.7 Å². The number of aromatic nitrogens is 2. The first-order valence-corrected chi connectivity index (χ1v) is 11.0. The number of pyridine rings is 2. The molecule has 3 rings (SSSR count). The maximum Gasteiger partial charge on any atom is 0.410 e. The van der Waals surface area contributed by atoms with E-state index in [2.05, 4.69) is 15.3 Å². The van der Waals surface area contributed by atoms with Gasteiger partial charge in [-0.05, 0) is 51.1 Å². The van der Waals surface area contributed by atoms with Gasteiger partial charge in [0.15, 0.2) is 5.82 Å². The van der Waals surface area contributed by atoms with Gasteiger partial charge in [-0.15, -0.1) is 0 Å². The number of ether oxygens (including phenoxy) is 1. The lowest BCUT2D eigenvalue weighted by atomic mass is 9.53. The highest BCUT2D eigenvalue weighted by Gasteiger charge is 2.53. The van der Waals surface area contributed by atoms with Crippen LogP contribution in [0.4, 0.5) is 20.6 Å². The quantitative estimate of drug-likeness (QED) is 0.656. The molecule has 1 aliphatic heterocycles. The van der Waals surface area contributed by atoms with Gasteiger partial charge >= 0.3 is 6.09 Å². The number of amides is 1. The lowest BCUT2D eigenvalue weighted by Gasteiger charge is -2.56. The van der Waals surface area contributed by atoms with E-state index in [1.54, 1.807) is 33.0 Å². The number of anilines is 2. The molecule has 0 saturated heterocycles. The van der Waals surface area contributed by atoms with Crippen LogP contribution in [-0.2, 0) is 16.7 Å². The number of halogens is 1. The van der Waals surface area contributed by atoms with Crippen LogP contribution in [0.3, 0.4) is 0 Å². The fraction of sp³-hybridized carbons (Fsp3) is 0.522. The Bertz CT molecular complexity index is 1020. The number of carbonyl (C=O) groups excluding carboxylic acids is 1. The monoisotopic (exact) mass is 450 g/mol. The topological polar surface area (TPSA) is 87.6 Å². The molecule has 0 fully saturated rings.